The summed E-state index contributed by atoms with van der Waals surface area (Å²) in [6.07, 6.45) is 3.18. The second kappa shape index (κ2) is 5.76. The molecule has 0 saturated carbocycles. The number of nitrogens with one attached hydrogen (secondary N) is 1. The Balaban J connectivity index is 2.29. The molecule has 0 fully saturated rings. The molecule has 2 N–H and O–H groups in total. The molecule has 1 aromatic carbocycles. The second-order valence-electron chi connectivity index (χ2n) is 4.78. The van der Waals surface area contributed by atoms with Gasteiger partial charge in [0.05, 0.1) is 21.8 Å². The van der Waals surface area contributed by atoms with E-state index in [1.807, 2.05) is 38.1 Å². The van der Waals surface area contributed by atoms with Gasteiger partial charge in [0, 0.05) is 18.1 Å². The Kier molecular flexibility index (Phi) is 4.27. The molecule has 0 atom stereocenters. The van der Waals surface area contributed by atoms with Crippen LogP contribution in [-0.2, 0) is 0 Å². The lowest BCUT2D eigenvalue weighted by Gasteiger charge is -2.26. The smallest absolute Gasteiger partial charge is 0.0948 e. The molecule has 3 nitrogen and oxygen atoms in total. The first kappa shape index (κ1) is 14.1. The monoisotopic (exact) mass is 278 g/mol. The van der Waals surface area contributed by atoms with Gasteiger partial charge in [-0.15, -0.1) is 0 Å². The van der Waals surface area contributed by atoms with Gasteiger partial charge in [-0.05, 0) is 37.1 Å². The van der Waals surface area contributed by atoms with Gasteiger partial charge >= 0.3 is 0 Å². The zero-order valence-electron chi connectivity index (χ0n) is 11.3. The van der Waals surface area contributed by atoms with Crippen LogP contribution in [0.1, 0.15) is 26.7 Å². The molecule has 19 heavy (non-hydrogen) atoms. The minimum absolute atomic E-state index is 0.507. The molecule has 2 aromatic rings. The van der Waals surface area contributed by atoms with Crippen molar-refractivity contribution in [3.8, 4) is 0 Å². The number of rotatable bonds is 5. The van der Waals surface area contributed by atoms with Gasteiger partial charge in [-0.1, -0.05) is 25.4 Å². The molecule has 0 radical (unpaired) electrons. The molecule has 0 unspecified atom stereocenters. The van der Waals surface area contributed by atoms with Crippen molar-refractivity contribution < 1.29 is 5.11 Å². The van der Waals surface area contributed by atoms with Gasteiger partial charge < -0.3 is 10.4 Å². The maximum atomic E-state index is 10.3. The summed E-state index contributed by atoms with van der Waals surface area (Å²) in [7, 11) is 0. The van der Waals surface area contributed by atoms with E-state index >= 15 is 0 Å². The lowest BCUT2D eigenvalue weighted by molar-refractivity contribution is 0.0457. The molecule has 1 aromatic heterocycles. The molecule has 0 saturated heterocycles. The predicted octanol–water partition coefficient (Wildman–Crippen LogP) is 3.85. The zero-order chi connectivity index (χ0) is 13.9. The van der Waals surface area contributed by atoms with Crippen LogP contribution in [0.15, 0.2) is 30.5 Å². The zero-order valence-corrected chi connectivity index (χ0v) is 12.0. The lowest BCUT2D eigenvalue weighted by Crippen LogP contribution is -2.35. The second-order valence-corrected chi connectivity index (χ2v) is 5.19. The van der Waals surface area contributed by atoms with Gasteiger partial charge in [0.1, 0.15) is 0 Å². The van der Waals surface area contributed by atoms with Gasteiger partial charge in [0.25, 0.3) is 0 Å². The fourth-order valence-corrected chi connectivity index (χ4v) is 2.26. The standard InChI is InChI=1S/C15H19ClN2O/c1-3-15(19,4-2)10-18-13-8-7-12(16)11-6-5-9-17-14(11)13/h5-9,18-19H,3-4,10H2,1-2H3. The van der Waals surface area contributed by atoms with Gasteiger partial charge in [-0.2, -0.15) is 0 Å². The number of hydrogen-bond acceptors (Lipinski definition) is 3. The highest BCUT2D eigenvalue weighted by Gasteiger charge is 2.22. The number of hydrogen-bond donors (Lipinski definition) is 2. The number of pyridine rings is 1. The Bertz CT molecular complexity index is 567. The van der Waals surface area contributed by atoms with Crippen LogP contribution >= 0.6 is 11.6 Å². The van der Waals surface area contributed by atoms with Crippen LogP contribution in [-0.4, -0.2) is 22.2 Å². The summed E-state index contributed by atoms with van der Waals surface area (Å²) in [4.78, 5) is 4.37. The molecule has 0 spiro atoms. The fraction of sp³-hybridized carbons (Fsp3) is 0.400. The average molecular weight is 279 g/mol. The number of nitrogens with zero attached hydrogens (tertiary/aromatic N) is 1. The summed E-state index contributed by atoms with van der Waals surface area (Å²) >= 11 is 6.16. The molecule has 0 bridgehead atoms. The summed E-state index contributed by atoms with van der Waals surface area (Å²) in [5.41, 5.74) is 1.06. The summed E-state index contributed by atoms with van der Waals surface area (Å²) < 4.78 is 0. The van der Waals surface area contributed by atoms with Crippen molar-refractivity contribution in [2.24, 2.45) is 0 Å². The number of aromatic nitrogens is 1. The highest BCUT2D eigenvalue weighted by molar-refractivity contribution is 6.35. The summed E-state index contributed by atoms with van der Waals surface area (Å²) in [6.45, 7) is 4.49. The van der Waals surface area contributed by atoms with Crippen molar-refractivity contribution in [1.29, 1.82) is 0 Å². The first-order chi connectivity index (χ1) is 9.09. The largest absolute Gasteiger partial charge is 0.388 e. The van der Waals surface area contributed by atoms with Crippen molar-refractivity contribution in [2.75, 3.05) is 11.9 Å². The van der Waals surface area contributed by atoms with Crippen molar-refractivity contribution in [1.82, 2.24) is 4.98 Å². The molecule has 0 amide bonds. The van der Waals surface area contributed by atoms with E-state index in [1.165, 1.54) is 0 Å². The number of halogens is 1. The van der Waals surface area contributed by atoms with E-state index in [0.29, 0.717) is 11.6 Å². The Hall–Kier alpha value is -1.32. The number of anilines is 1. The molecular weight excluding hydrogens is 260 g/mol. The third-order valence-corrected chi connectivity index (χ3v) is 3.97. The quantitative estimate of drug-likeness (QED) is 0.873. The predicted molar refractivity (Wildman–Crippen MR) is 80.8 cm³/mol. The van der Waals surface area contributed by atoms with Crippen LogP contribution in [0.3, 0.4) is 0 Å². The van der Waals surface area contributed by atoms with Crippen LogP contribution in [0.2, 0.25) is 5.02 Å². The third-order valence-electron chi connectivity index (χ3n) is 3.64. The maximum absolute atomic E-state index is 10.3. The fourth-order valence-electron chi connectivity index (χ4n) is 2.04. The van der Waals surface area contributed by atoms with Crippen LogP contribution in [0, 0.1) is 0 Å². The number of aliphatic hydroxyl groups is 1. The minimum atomic E-state index is -0.680. The highest BCUT2D eigenvalue weighted by atomic mass is 35.5. The molecule has 102 valence electrons. The van der Waals surface area contributed by atoms with Crippen molar-refractivity contribution in [2.45, 2.75) is 32.3 Å². The van der Waals surface area contributed by atoms with E-state index < -0.39 is 5.60 Å². The van der Waals surface area contributed by atoms with Crippen molar-refractivity contribution >= 4 is 28.2 Å². The van der Waals surface area contributed by atoms with Crippen molar-refractivity contribution in [3.63, 3.8) is 0 Å². The highest BCUT2D eigenvalue weighted by Crippen LogP contribution is 2.28. The van der Waals surface area contributed by atoms with Crippen LogP contribution in [0.25, 0.3) is 10.9 Å². The average Bonchev–Trinajstić information content (AvgIpc) is 2.46. The Labute approximate surface area is 118 Å². The van der Waals surface area contributed by atoms with E-state index in [0.717, 1.165) is 29.4 Å². The van der Waals surface area contributed by atoms with Crippen LogP contribution in [0.4, 0.5) is 5.69 Å². The minimum Gasteiger partial charge on any atom is -0.388 e. The summed E-state index contributed by atoms with van der Waals surface area (Å²) in [5.74, 6) is 0. The van der Waals surface area contributed by atoms with Crippen molar-refractivity contribution in [3.05, 3.63) is 35.5 Å². The maximum Gasteiger partial charge on any atom is 0.0948 e. The summed E-state index contributed by atoms with van der Waals surface area (Å²) in [6, 6.07) is 7.57. The van der Waals surface area contributed by atoms with E-state index in [1.54, 1.807) is 6.20 Å². The van der Waals surface area contributed by atoms with Gasteiger partial charge in [-0.3, -0.25) is 4.98 Å². The SMILES string of the molecule is CCC(O)(CC)CNc1ccc(Cl)c2cccnc12. The Morgan fingerprint density at radius 3 is 2.68 bits per heavy atom. The van der Waals surface area contributed by atoms with E-state index in [2.05, 4.69) is 10.3 Å². The van der Waals surface area contributed by atoms with Gasteiger partial charge in [0.15, 0.2) is 0 Å². The first-order valence-electron chi connectivity index (χ1n) is 6.59. The Morgan fingerprint density at radius 2 is 2.00 bits per heavy atom. The summed E-state index contributed by atoms with van der Waals surface area (Å²) in [5, 5.41) is 15.2. The number of benzene rings is 1. The molecule has 2 rings (SSSR count). The topological polar surface area (TPSA) is 45.1 Å². The van der Waals surface area contributed by atoms with Crippen LogP contribution in [0.5, 0.6) is 0 Å². The Morgan fingerprint density at radius 1 is 1.26 bits per heavy atom. The van der Waals surface area contributed by atoms with E-state index in [-0.39, 0.29) is 0 Å². The van der Waals surface area contributed by atoms with Crippen LogP contribution < -0.4 is 5.32 Å². The third kappa shape index (κ3) is 2.99. The molecule has 0 aliphatic heterocycles. The molecule has 4 heteroatoms. The number of fused-ring (bicyclic) bond motifs is 1. The first-order valence-corrected chi connectivity index (χ1v) is 6.97. The molecule has 0 aliphatic rings. The lowest BCUT2D eigenvalue weighted by atomic mass is 9.97. The molecular formula is C15H19ClN2O. The normalized spacial score (nSPS) is 11.8. The van der Waals surface area contributed by atoms with E-state index in [9.17, 15) is 5.11 Å². The molecule has 1 heterocycles. The van der Waals surface area contributed by atoms with Gasteiger partial charge in [-0.25, -0.2) is 0 Å². The van der Waals surface area contributed by atoms with Gasteiger partial charge in [0.2, 0.25) is 0 Å². The molecule has 0 aliphatic carbocycles. The van der Waals surface area contributed by atoms with E-state index in [4.69, 9.17) is 11.6 Å².